The van der Waals surface area contributed by atoms with Crippen LogP contribution in [0.15, 0.2) is 53.7 Å². The van der Waals surface area contributed by atoms with Gasteiger partial charge in [0.1, 0.15) is 0 Å². The number of aromatic nitrogens is 1. The van der Waals surface area contributed by atoms with Crippen LogP contribution in [0.2, 0.25) is 0 Å². The first-order chi connectivity index (χ1) is 13.1. The van der Waals surface area contributed by atoms with Crippen molar-refractivity contribution in [2.75, 3.05) is 6.54 Å². The third-order valence-corrected chi connectivity index (χ3v) is 5.14. The van der Waals surface area contributed by atoms with Crippen LogP contribution in [0.5, 0.6) is 0 Å². The van der Waals surface area contributed by atoms with E-state index in [1.54, 1.807) is 0 Å². The Bertz CT molecular complexity index is 964. The smallest absolute Gasteiger partial charge is 0.192 e. The van der Waals surface area contributed by atoms with Crippen molar-refractivity contribution in [1.29, 1.82) is 0 Å². The molecule has 0 fully saturated rings. The molecule has 4 rings (SSSR count). The van der Waals surface area contributed by atoms with Crippen LogP contribution in [0.4, 0.5) is 0 Å². The highest BCUT2D eigenvalue weighted by Crippen LogP contribution is 2.21. The highest BCUT2D eigenvalue weighted by atomic mass is 127. The van der Waals surface area contributed by atoms with Crippen LogP contribution in [0.25, 0.3) is 10.9 Å². The van der Waals surface area contributed by atoms with Crippen LogP contribution in [0, 0.1) is 6.92 Å². The standard InChI is InChI=1S/C22H26N4O.HI/c1-14-3-8-19-18(11-23-20(19)9-14)10-15(2)25-22-24-12-21(26-22)17-6-4-16(13-27)5-7-17;/h3-9,11,15,21,23,27H,10,12-13H2,1-2H3,(H2,24,25,26);1H. The number of hydrogen-bond acceptors (Lipinski definition) is 4. The van der Waals surface area contributed by atoms with Crippen molar-refractivity contribution in [2.45, 2.75) is 39.0 Å². The summed E-state index contributed by atoms with van der Waals surface area (Å²) in [5, 5.41) is 17.4. The Morgan fingerprint density at radius 1 is 1.21 bits per heavy atom. The van der Waals surface area contributed by atoms with E-state index in [4.69, 9.17) is 5.11 Å². The van der Waals surface area contributed by atoms with Crippen LogP contribution in [-0.2, 0) is 13.0 Å². The van der Waals surface area contributed by atoms with Crippen molar-refractivity contribution < 1.29 is 5.11 Å². The lowest BCUT2D eigenvalue weighted by atomic mass is 10.0. The van der Waals surface area contributed by atoms with E-state index in [9.17, 15) is 0 Å². The predicted molar refractivity (Wildman–Crippen MR) is 125 cm³/mol. The average Bonchev–Trinajstić information content (AvgIpc) is 3.29. The van der Waals surface area contributed by atoms with E-state index in [-0.39, 0.29) is 42.7 Å². The number of fused-ring (bicyclic) bond motifs is 1. The first-order valence-corrected chi connectivity index (χ1v) is 9.46. The third kappa shape index (κ3) is 4.50. The van der Waals surface area contributed by atoms with Gasteiger partial charge in [-0.05, 0) is 48.6 Å². The Hall–Kier alpha value is -2.06. The van der Waals surface area contributed by atoms with Crippen LogP contribution < -0.4 is 10.6 Å². The summed E-state index contributed by atoms with van der Waals surface area (Å²) in [5.41, 5.74) is 5.90. The highest BCUT2D eigenvalue weighted by Gasteiger charge is 2.20. The summed E-state index contributed by atoms with van der Waals surface area (Å²) in [6, 6.07) is 15.0. The molecule has 148 valence electrons. The minimum absolute atomic E-state index is 0. The molecule has 5 nitrogen and oxygen atoms in total. The minimum atomic E-state index is 0. The van der Waals surface area contributed by atoms with Crippen LogP contribution in [-0.4, -0.2) is 28.6 Å². The van der Waals surface area contributed by atoms with Crippen molar-refractivity contribution in [3.05, 3.63) is 70.9 Å². The summed E-state index contributed by atoms with van der Waals surface area (Å²) in [6.45, 7) is 5.09. The molecule has 0 amide bonds. The van der Waals surface area contributed by atoms with E-state index in [0.29, 0.717) is 0 Å². The molecule has 0 bridgehead atoms. The van der Waals surface area contributed by atoms with Gasteiger partial charge in [-0.1, -0.05) is 36.4 Å². The molecule has 0 spiro atoms. The fourth-order valence-electron chi connectivity index (χ4n) is 3.65. The van der Waals surface area contributed by atoms with Gasteiger partial charge in [0.05, 0.1) is 19.2 Å². The molecule has 2 atom stereocenters. The van der Waals surface area contributed by atoms with Gasteiger partial charge < -0.3 is 20.7 Å². The normalized spacial score (nSPS) is 17.0. The predicted octanol–water partition coefficient (Wildman–Crippen LogP) is 3.81. The van der Waals surface area contributed by atoms with Crippen molar-refractivity contribution in [3.8, 4) is 0 Å². The lowest BCUT2D eigenvalue weighted by molar-refractivity contribution is 0.282. The number of nitrogens with zero attached hydrogens (tertiary/aromatic N) is 1. The van der Waals surface area contributed by atoms with Gasteiger partial charge in [0.25, 0.3) is 0 Å². The number of aliphatic hydroxyl groups is 1. The largest absolute Gasteiger partial charge is 0.392 e. The monoisotopic (exact) mass is 490 g/mol. The second-order valence-electron chi connectivity index (χ2n) is 7.40. The number of guanidine groups is 1. The van der Waals surface area contributed by atoms with E-state index >= 15 is 0 Å². The summed E-state index contributed by atoms with van der Waals surface area (Å²) in [5.74, 6) is 0.856. The summed E-state index contributed by atoms with van der Waals surface area (Å²) in [4.78, 5) is 7.99. The zero-order valence-corrected chi connectivity index (χ0v) is 18.5. The maximum atomic E-state index is 9.17. The molecule has 6 heteroatoms. The average molecular weight is 490 g/mol. The third-order valence-electron chi connectivity index (χ3n) is 5.14. The van der Waals surface area contributed by atoms with Crippen molar-refractivity contribution in [1.82, 2.24) is 15.6 Å². The molecule has 2 unspecified atom stereocenters. The first-order valence-electron chi connectivity index (χ1n) is 9.46. The molecule has 0 radical (unpaired) electrons. The number of aliphatic hydroxyl groups excluding tert-OH is 1. The SMILES string of the molecule is Cc1ccc2c(CC(C)NC3=NCC(c4ccc(CO)cc4)N3)c[nH]c2c1.I. The second-order valence-corrected chi connectivity index (χ2v) is 7.40. The molecular formula is C22H27IN4O. The maximum absolute atomic E-state index is 9.17. The lowest BCUT2D eigenvalue weighted by Crippen LogP contribution is -2.41. The van der Waals surface area contributed by atoms with Crippen molar-refractivity contribution in [2.24, 2.45) is 4.99 Å². The molecule has 1 aliphatic rings. The quantitative estimate of drug-likeness (QED) is 0.411. The number of hydrogen-bond donors (Lipinski definition) is 4. The van der Waals surface area contributed by atoms with Gasteiger partial charge in [0, 0.05) is 23.1 Å². The number of halogens is 1. The minimum Gasteiger partial charge on any atom is -0.392 e. The van der Waals surface area contributed by atoms with Gasteiger partial charge in [-0.3, -0.25) is 4.99 Å². The lowest BCUT2D eigenvalue weighted by Gasteiger charge is -2.17. The molecule has 1 aromatic heterocycles. The van der Waals surface area contributed by atoms with E-state index in [2.05, 4.69) is 71.0 Å². The summed E-state index contributed by atoms with van der Waals surface area (Å²) >= 11 is 0. The number of benzene rings is 2. The Morgan fingerprint density at radius 3 is 2.75 bits per heavy atom. The van der Waals surface area contributed by atoms with Crippen molar-refractivity contribution >= 4 is 40.8 Å². The van der Waals surface area contributed by atoms with Gasteiger partial charge in [-0.15, -0.1) is 24.0 Å². The molecule has 0 saturated heterocycles. The van der Waals surface area contributed by atoms with Crippen LogP contribution in [0.3, 0.4) is 0 Å². The second kappa shape index (κ2) is 8.96. The van der Waals surface area contributed by atoms with E-state index < -0.39 is 0 Å². The Balaban J connectivity index is 0.00000225. The molecule has 2 heterocycles. The zero-order valence-electron chi connectivity index (χ0n) is 16.2. The topological polar surface area (TPSA) is 72.4 Å². The Labute approximate surface area is 182 Å². The van der Waals surface area contributed by atoms with Gasteiger partial charge in [-0.2, -0.15) is 0 Å². The fourth-order valence-corrected chi connectivity index (χ4v) is 3.65. The maximum Gasteiger partial charge on any atom is 0.192 e. The molecule has 1 aliphatic heterocycles. The van der Waals surface area contributed by atoms with E-state index in [1.165, 1.54) is 27.6 Å². The van der Waals surface area contributed by atoms with Gasteiger partial charge >= 0.3 is 0 Å². The molecular weight excluding hydrogens is 463 g/mol. The van der Waals surface area contributed by atoms with Gasteiger partial charge in [0.2, 0.25) is 0 Å². The molecule has 4 N–H and O–H groups in total. The number of nitrogens with one attached hydrogen (secondary N) is 3. The molecule has 0 aliphatic carbocycles. The Morgan fingerprint density at radius 2 is 2.00 bits per heavy atom. The number of aliphatic imine (C=N–C) groups is 1. The number of H-pyrrole nitrogens is 1. The van der Waals surface area contributed by atoms with E-state index in [1.807, 2.05) is 12.1 Å². The summed E-state index contributed by atoms with van der Waals surface area (Å²) < 4.78 is 0. The number of aryl methyl sites for hydroxylation is 1. The van der Waals surface area contributed by atoms with Crippen LogP contribution >= 0.6 is 24.0 Å². The number of rotatable bonds is 5. The Kier molecular flexibility index (Phi) is 6.61. The summed E-state index contributed by atoms with van der Waals surface area (Å²) in [6.07, 6.45) is 3.04. The molecule has 0 saturated carbocycles. The van der Waals surface area contributed by atoms with Crippen molar-refractivity contribution in [3.63, 3.8) is 0 Å². The zero-order chi connectivity index (χ0) is 18.8. The van der Waals surface area contributed by atoms with E-state index in [0.717, 1.165) is 24.5 Å². The molecule has 3 aromatic rings. The highest BCUT2D eigenvalue weighted by molar-refractivity contribution is 14.0. The molecule has 28 heavy (non-hydrogen) atoms. The van der Waals surface area contributed by atoms with Gasteiger partial charge in [0.15, 0.2) is 5.96 Å². The summed E-state index contributed by atoms with van der Waals surface area (Å²) in [7, 11) is 0. The molecule has 2 aromatic carbocycles. The number of aromatic amines is 1. The first kappa shape index (κ1) is 20.7. The van der Waals surface area contributed by atoms with Gasteiger partial charge in [-0.25, -0.2) is 0 Å². The van der Waals surface area contributed by atoms with Crippen LogP contribution in [0.1, 0.15) is 35.2 Å². The fraction of sp³-hybridized carbons (Fsp3) is 0.318.